The molecule has 2 aliphatic carbocycles. The maximum absolute atomic E-state index is 6.08. The van der Waals surface area contributed by atoms with Crippen LogP contribution < -0.4 is 5.32 Å². The zero-order valence-electron chi connectivity index (χ0n) is 12.1. The highest BCUT2D eigenvalue weighted by Crippen LogP contribution is 2.27. The van der Waals surface area contributed by atoms with E-state index < -0.39 is 0 Å². The Bertz CT molecular complexity index is 205. The van der Waals surface area contributed by atoms with Gasteiger partial charge < -0.3 is 10.1 Å². The van der Waals surface area contributed by atoms with Crippen molar-refractivity contribution in [3.05, 3.63) is 0 Å². The number of hydrogen-bond donors (Lipinski definition) is 1. The summed E-state index contributed by atoms with van der Waals surface area (Å²) in [5.41, 5.74) is 0. The van der Waals surface area contributed by atoms with Gasteiger partial charge in [-0.1, -0.05) is 39.0 Å². The number of hydrogen-bond acceptors (Lipinski definition) is 2. The van der Waals surface area contributed by atoms with Crippen LogP contribution in [0.4, 0.5) is 0 Å². The topological polar surface area (TPSA) is 21.3 Å². The van der Waals surface area contributed by atoms with Crippen molar-refractivity contribution in [2.45, 2.75) is 83.3 Å². The van der Waals surface area contributed by atoms with E-state index in [4.69, 9.17) is 4.74 Å². The predicted molar refractivity (Wildman–Crippen MR) is 76.9 cm³/mol. The molecule has 18 heavy (non-hydrogen) atoms. The van der Waals surface area contributed by atoms with Gasteiger partial charge in [0.05, 0.1) is 6.10 Å². The highest BCUT2D eigenvalue weighted by molar-refractivity contribution is 4.77. The van der Waals surface area contributed by atoms with E-state index in [0.717, 1.165) is 25.1 Å². The van der Waals surface area contributed by atoms with E-state index >= 15 is 0 Å². The van der Waals surface area contributed by atoms with Crippen molar-refractivity contribution in [3.8, 4) is 0 Å². The molecule has 0 unspecified atom stereocenters. The van der Waals surface area contributed by atoms with Gasteiger partial charge in [0.15, 0.2) is 0 Å². The molecule has 0 saturated heterocycles. The summed E-state index contributed by atoms with van der Waals surface area (Å²) in [6, 6.07) is 0.758. The van der Waals surface area contributed by atoms with Crippen molar-refractivity contribution in [1.29, 1.82) is 0 Å². The molecule has 2 rings (SSSR count). The van der Waals surface area contributed by atoms with Crippen LogP contribution in [0.5, 0.6) is 0 Å². The van der Waals surface area contributed by atoms with Crippen molar-refractivity contribution < 1.29 is 4.74 Å². The quantitative estimate of drug-likeness (QED) is 0.775. The van der Waals surface area contributed by atoms with Crippen LogP contribution in [0.2, 0.25) is 0 Å². The molecule has 106 valence electrons. The van der Waals surface area contributed by atoms with Gasteiger partial charge in [-0.3, -0.25) is 0 Å². The Morgan fingerprint density at radius 1 is 0.944 bits per heavy atom. The number of ether oxygens (including phenoxy) is 1. The third-order valence-corrected chi connectivity index (χ3v) is 4.77. The van der Waals surface area contributed by atoms with E-state index in [1.807, 2.05) is 0 Å². The zero-order valence-corrected chi connectivity index (χ0v) is 12.1. The first-order valence-corrected chi connectivity index (χ1v) is 8.23. The monoisotopic (exact) mass is 253 g/mol. The van der Waals surface area contributed by atoms with Gasteiger partial charge in [0, 0.05) is 12.6 Å². The molecule has 0 heterocycles. The van der Waals surface area contributed by atoms with E-state index in [1.165, 1.54) is 64.2 Å². The lowest BCUT2D eigenvalue weighted by atomic mass is 9.87. The van der Waals surface area contributed by atoms with Gasteiger partial charge in [0.2, 0.25) is 0 Å². The van der Waals surface area contributed by atoms with Crippen LogP contribution >= 0.6 is 0 Å². The molecule has 0 aromatic carbocycles. The van der Waals surface area contributed by atoms with E-state index in [9.17, 15) is 0 Å². The first-order chi connectivity index (χ1) is 8.88. The van der Waals surface area contributed by atoms with E-state index in [2.05, 4.69) is 12.2 Å². The van der Waals surface area contributed by atoms with E-state index in [-0.39, 0.29) is 0 Å². The molecule has 0 radical (unpaired) electrons. The van der Waals surface area contributed by atoms with Crippen LogP contribution in [-0.2, 0) is 4.74 Å². The van der Waals surface area contributed by atoms with Gasteiger partial charge in [-0.25, -0.2) is 0 Å². The summed E-state index contributed by atoms with van der Waals surface area (Å²) in [7, 11) is 0. The lowest BCUT2D eigenvalue weighted by molar-refractivity contribution is 0.0139. The fourth-order valence-corrected chi connectivity index (χ4v) is 3.60. The van der Waals surface area contributed by atoms with Crippen LogP contribution in [0.15, 0.2) is 0 Å². The normalized spacial score (nSPS) is 30.5. The summed E-state index contributed by atoms with van der Waals surface area (Å²) in [6.45, 7) is 4.33. The molecule has 2 saturated carbocycles. The Morgan fingerprint density at radius 3 is 2.33 bits per heavy atom. The molecule has 1 N–H and O–H groups in total. The van der Waals surface area contributed by atoms with Crippen LogP contribution in [0, 0.1) is 5.92 Å². The fraction of sp³-hybridized carbons (Fsp3) is 1.00. The van der Waals surface area contributed by atoms with Gasteiger partial charge in [0.1, 0.15) is 0 Å². The molecule has 2 heteroatoms. The summed E-state index contributed by atoms with van der Waals surface area (Å²) in [5.74, 6) is 0.969. The lowest BCUT2D eigenvalue weighted by Crippen LogP contribution is -2.35. The molecular formula is C16H31NO. The molecule has 0 amide bonds. The minimum atomic E-state index is 0.559. The van der Waals surface area contributed by atoms with Crippen molar-refractivity contribution in [2.24, 2.45) is 5.92 Å². The van der Waals surface area contributed by atoms with Crippen LogP contribution in [0.1, 0.15) is 71.1 Å². The number of nitrogens with one attached hydrogen (secondary N) is 1. The largest absolute Gasteiger partial charge is 0.378 e. The highest BCUT2D eigenvalue weighted by Gasteiger charge is 2.21. The molecule has 0 aliphatic heterocycles. The SMILES string of the molecule is CCNC1CCC(OCCC2CCCCC2)CC1. The maximum Gasteiger partial charge on any atom is 0.0576 e. The van der Waals surface area contributed by atoms with Gasteiger partial charge in [0.25, 0.3) is 0 Å². The molecule has 2 nitrogen and oxygen atoms in total. The highest BCUT2D eigenvalue weighted by atomic mass is 16.5. The van der Waals surface area contributed by atoms with E-state index in [1.54, 1.807) is 0 Å². The Morgan fingerprint density at radius 2 is 1.67 bits per heavy atom. The van der Waals surface area contributed by atoms with Gasteiger partial charge >= 0.3 is 0 Å². The molecular weight excluding hydrogens is 222 g/mol. The molecule has 0 bridgehead atoms. The second kappa shape index (κ2) is 8.16. The van der Waals surface area contributed by atoms with Crippen molar-refractivity contribution in [1.82, 2.24) is 5.32 Å². The van der Waals surface area contributed by atoms with Crippen molar-refractivity contribution >= 4 is 0 Å². The summed E-state index contributed by atoms with van der Waals surface area (Å²) in [4.78, 5) is 0. The molecule has 0 spiro atoms. The minimum absolute atomic E-state index is 0.559. The van der Waals surface area contributed by atoms with E-state index in [0.29, 0.717) is 6.10 Å². The smallest absolute Gasteiger partial charge is 0.0576 e. The Hall–Kier alpha value is -0.0800. The summed E-state index contributed by atoms with van der Waals surface area (Å²) in [5, 5.41) is 3.56. The third-order valence-electron chi connectivity index (χ3n) is 4.77. The zero-order chi connectivity index (χ0) is 12.6. The molecule has 2 aliphatic rings. The summed E-state index contributed by atoms with van der Waals surface area (Å²) in [6.07, 6.45) is 14.3. The molecule has 0 atom stereocenters. The lowest BCUT2D eigenvalue weighted by Gasteiger charge is -2.29. The average molecular weight is 253 g/mol. The Balaban J connectivity index is 1.52. The van der Waals surface area contributed by atoms with Crippen LogP contribution in [0.25, 0.3) is 0 Å². The third kappa shape index (κ3) is 4.89. The second-order valence-electron chi connectivity index (χ2n) is 6.19. The molecule has 0 aromatic heterocycles. The van der Waals surface area contributed by atoms with Gasteiger partial charge in [-0.05, 0) is 44.6 Å². The fourth-order valence-electron chi connectivity index (χ4n) is 3.60. The minimum Gasteiger partial charge on any atom is -0.378 e. The maximum atomic E-state index is 6.08. The first kappa shape index (κ1) is 14.3. The van der Waals surface area contributed by atoms with Crippen molar-refractivity contribution in [3.63, 3.8) is 0 Å². The number of rotatable bonds is 6. The summed E-state index contributed by atoms with van der Waals surface area (Å²) >= 11 is 0. The first-order valence-electron chi connectivity index (χ1n) is 8.23. The van der Waals surface area contributed by atoms with Crippen LogP contribution in [0.3, 0.4) is 0 Å². The van der Waals surface area contributed by atoms with Crippen molar-refractivity contribution in [2.75, 3.05) is 13.2 Å². The second-order valence-corrected chi connectivity index (χ2v) is 6.19. The summed E-state index contributed by atoms with van der Waals surface area (Å²) < 4.78 is 6.08. The predicted octanol–water partition coefficient (Wildman–Crippen LogP) is 3.89. The molecule has 2 fully saturated rings. The van der Waals surface area contributed by atoms with Crippen LogP contribution in [-0.4, -0.2) is 25.3 Å². The molecule has 0 aromatic rings. The Labute approximate surface area is 113 Å². The van der Waals surface area contributed by atoms with Gasteiger partial charge in [-0.15, -0.1) is 0 Å². The average Bonchev–Trinajstić information content (AvgIpc) is 2.42. The van der Waals surface area contributed by atoms with Gasteiger partial charge in [-0.2, -0.15) is 0 Å². The standard InChI is InChI=1S/C16H31NO/c1-2-17-15-8-10-16(11-9-15)18-13-12-14-6-4-3-5-7-14/h14-17H,2-13H2,1H3. The Kier molecular flexibility index (Phi) is 6.50.